The first-order valence-electron chi connectivity index (χ1n) is 10.5. The van der Waals surface area contributed by atoms with Crippen molar-refractivity contribution in [2.24, 2.45) is 0 Å². The van der Waals surface area contributed by atoms with Crippen molar-refractivity contribution in [2.45, 2.75) is 90.8 Å². The van der Waals surface area contributed by atoms with E-state index in [4.69, 9.17) is 4.74 Å². The van der Waals surface area contributed by atoms with Crippen LogP contribution in [0.2, 0.25) is 0 Å². The Bertz CT molecular complexity index is 484. The lowest BCUT2D eigenvalue weighted by Gasteiger charge is -2.35. The van der Waals surface area contributed by atoms with Crippen LogP contribution in [0, 0.1) is 0 Å². The molecular formula is C23H40NO2+. The lowest BCUT2D eigenvalue weighted by molar-refractivity contribution is -0.945. The summed E-state index contributed by atoms with van der Waals surface area (Å²) in [6.45, 7) is 5.10. The molecule has 0 aliphatic carbocycles. The van der Waals surface area contributed by atoms with Crippen LogP contribution in [0.5, 0.6) is 0 Å². The molecule has 1 aromatic carbocycles. The lowest BCUT2D eigenvalue weighted by Crippen LogP contribution is -2.48. The van der Waals surface area contributed by atoms with Crippen molar-refractivity contribution >= 4 is 5.97 Å². The third kappa shape index (κ3) is 9.96. The summed E-state index contributed by atoms with van der Waals surface area (Å²) in [7, 11) is 4.23. The number of nitrogens with zero attached hydrogens (tertiary/aromatic N) is 1. The molecule has 0 saturated carbocycles. The molecule has 0 heterocycles. The van der Waals surface area contributed by atoms with Gasteiger partial charge in [0, 0.05) is 18.9 Å². The van der Waals surface area contributed by atoms with Crippen molar-refractivity contribution in [1.82, 2.24) is 0 Å². The SMILES string of the molecule is CCCCCCCCCCCC(=O)OC(C)[N+](C)(C)Cc1ccccc1. The molecule has 26 heavy (non-hydrogen) atoms. The van der Waals surface area contributed by atoms with Gasteiger partial charge in [0.1, 0.15) is 6.54 Å². The Morgan fingerprint density at radius 3 is 2.04 bits per heavy atom. The van der Waals surface area contributed by atoms with E-state index >= 15 is 0 Å². The number of ether oxygens (including phenoxy) is 1. The molecule has 1 unspecified atom stereocenters. The number of hydrogen-bond acceptors (Lipinski definition) is 2. The van der Waals surface area contributed by atoms with E-state index in [1.165, 1.54) is 50.5 Å². The summed E-state index contributed by atoms with van der Waals surface area (Å²) in [4.78, 5) is 12.1. The number of carbonyl (C=O) groups is 1. The Morgan fingerprint density at radius 1 is 0.923 bits per heavy atom. The quantitative estimate of drug-likeness (QED) is 0.174. The molecule has 3 heteroatoms. The maximum atomic E-state index is 12.1. The van der Waals surface area contributed by atoms with E-state index < -0.39 is 0 Å². The van der Waals surface area contributed by atoms with Gasteiger partial charge >= 0.3 is 5.97 Å². The van der Waals surface area contributed by atoms with Gasteiger partial charge in [0.15, 0.2) is 0 Å². The standard InChI is InChI=1S/C23H40NO2/c1-5-6-7-8-9-10-11-12-16-19-23(25)26-21(2)24(3,4)20-22-17-14-13-15-18-22/h13-15,17-18,21H,5-12,16,19-20H2,1-4H3/q+1. The smallest absolute Gasteiger partial charge is 0.310 e. The summed E-state index contributed by atoms with van der Waals surface area (Å²) in [5, 5.41) is 0. The number of carbonyl (C=O) groups excluding carboxylic acids is 1. The van der Waals surface area contributed by atoms with Crippen molar-refractivity contribution in [2.75, 3.05) is 14.1 Å². The predicted octanol–water partition coefficient (Wildman–Crippen LogP) is 6.07. The predicted molar refractivity (Wildman–Crippen MR) is 110 cm³/mol. The zero-order valence-corrected chi connectivity index (χ0v) is 17.5. The Morgan fingerprint density at radius 2 is 1.46 bits per heavy atom. The van der Waals surface area contributed by atoms with Crippen LogP contribution in [0.3, 0.4) is 0 Å². The molecule has 0 fully saturated rings. The van der Waals surface area contributed by atoms with Crippen LogP contribution in [0.4, 0.5) is 0 Å². The van der Waals surface area contributed by atoms with Gasteiger partial charge in [-0.25, -0.2) is 0 Å². The molecule has 1 atom stereocenters. The summed E-state index contributed by atoms with van der Waals surface area (Å²) in [6.07, 6.45) is 11.8. The van der Waals surface area contributed by atoms with Crippen LogP contribution in [0.25, 0.3) is 0 Å². The monoisotopic (exact) mass is 362 g/mol. The number of hydrogen-bond donors (Lipinski definition) is 0. The Balaban J connectivity index is 2.15. The number of rotatable bonds is 14. The van der Waals surface area contributed by atoms with Crippen LogP contribution in [-0.2, 0) is 16.1 Å². The van der Waals surface area contributed by atoms with E-state index in [0.29, 0.717) is 10.9 Å². The molecular weight excluding hydrogens is 322 g/mol. The van der Waals surface area contributed by atoms with Gasteiger partial charge in [-0.15, -0.1) is 0 Å². The van der Waals surface area contributed by atoms with E-state index in [0.717, 1.165) is 19.4 Å². The molecule has 148 valence electrons. The van der Waals surface area contributed by atoms with Crippen molar-refractivity contribution in [3.63, 3.8) is 0 Å². The zero-order chi connectivity index (χ0) is 19.3. The number of unbranched alkanes of at least 4 members (excludes halogenated alkanes) is 8. The molecule has 0 radical (unpaired) electrons. The summed E-state index contributed by atoms with van der Waals surface area (Å²) in [5.41, 5.74) is 1.26. The lowest BCUT2D eigenvalue weighted by atomic mass is 10.1. The highest BCUT2D eigenvalue weighted by atomic mass is 16.6. The molecule has 0 aliphatic rings. The molecule has 0 aliphatic heterocycles. The minimum Gasteiger partial charge on any atom is -0.413 e. The van der Waals surface area contributed by atoms with Gasteiger partial charge in [-0.05, 0) is 6.42 Å². The van der Waals surface area contributed by atoms with Crippen LogP contribution >= 0.6 is 0 Å². The minimum absolute atomic E-state index is 0.0558. The van der Waals surface area contributed by atoms with Gasteiger partial charge in [-0.1, -0.05) is 88.6 Å². The molecule has 0 aromatic heterocycles. The number of esters is 1. The molecule has 0 amide bonds. The van der Waals surface area contributed by atoms with Gasteiger partial charge in [0.2, 0.25) is 6.23 Å². The highest BCUT2D eigenvalue weighted by Crippen LogP contribution is 2.16. The van der Waals surface area contributed by atoms with Crippen LogP contribution < -0.4 is 0 Å². The second-order valence-electron chi connectivity index (χ2n) is 8.09. The van der Waals surface area contributed by atoms with Crippen molar-refractivity contribution in [3.8, 4) is 0 Å². The van der Waals surface area contributed by atoms with E-state index in [-0.39, 0.29) is 12.2 Å². The Labute approximate surface area is 161 Å². The van der Waals surface area contributed by atoms with Gasteiger partial charge in [0.05, 0.1) is 14.1 Å². The average molecular weight is 363 g/mol. The maximum Gasteiger partial charge on any atom is 0.310 e. The fourth-order valence-corrected chi connectivity index (χ4v) is 3.15. The molecule has 1 aromatic rings. The third-order valence-corrected chi connectivity index (χ3v) is 5.20. The molecule has 0 bridgehead atoms. The summed E-state index contributed by atoms with van der Waals surface area (Å²) in [5.74, 6) is -0.0558. The largest absolute Gasteiger partial charge is 0.413 e. The summed E-state index contributed by atoms with van der Waals surface area (Å²) in [6, 6.07) is 10.4. The summed E-state index contributed by atoms with van der Waals surface area (Å²) < 4.78 is 6.34. The highest BCUT2D eigenvalue weighted by molar-refractivity contribution is 5.69. The van der Waals surface area contributed by atoms with E-state index in [1.54, 1.807) is 0 Å². The van der Waals surface area contributed by atoms with Crippen molar-refractivity contribution < 1.29 is 14.0 Å². The minimum atomic E-state index is -0.138. The van der Waals surface area contributed by atoms with Gasteiger partial charge in [-0.2, -0.15) is 0 Å². The first-order valence-corrected chi connectivity index (χ1v) is 10.5. The van der Waals surface area contributed by atoms with E-state index in [2.05, 4.69) is 45.3 Å². The van der Waals surface area contributed by atoms with Crippen LogP contribution in [-0.4, -0.2) is 30.8 Å². The first kappa shape index (κ1) is 22.7. The van der Waals surface area contributed by atoms with Crippen molar-refractivity contribution in [1.29, 1.82) is 0 Å². The van der Waals surface area contributed by atoms with Gasteiger partial charge in [-0.3, -0.25) is 9.28 Å². The zero-order valence-electron chi connectivity index (χ0n) is 17.5. The number of benzene rings is 1. The second-order valence-corrected chi connectivity index (χ2v) is 8.09. The highest BCUT2D eigenvalue weighted by Gasteiger charge is 2.27. The van der Waals surface area contributed by atoms with E-state index in [9.17, 15) is 4.79 Å². The molecule has 1 rings (SSSR count). The van der Waals surface area contributed by atoms with Gasteiger partial charge < -0.3 is 4.74 Å². The second kappa shape index (κ2) is 12.9. The van der Waals surface area contributed by atoms with Crippen LogP contribution in [0.15, 0.2) is 30.3 Å². The molecule has 0 N–H and O–H groups in total. The normalized spacial score (nSPS) is 12.8. The fourth-order valence-electron chi connectivity index (χ4n) is 3.15. The topological polar surface area (TPSA) is 26.3 Å². The molecule has 3 nitrogen and oxygen atoms in total. The Kier molecular flexibility index (Phi) is 11.3. The fraction of sp³-hybridized carbons (Fsp3) is 0.696. The van der Waals surface area contributed by atoms with Crippen LogP contribution in [0.1, 0.15) is 83.6 Å². The van der Waals surface area contributed by atoms with Crippen molar-refractivity contribution in [3.05, 3.63) is 35.9 Å². The first-order chi connectivity index (χ1) is 12.5. The van der Waals surface area contributed by atoms with Gasteiger partial charge in [0.25, 0.3) is 0 Å². The number of quaternary nitrogens is 1. The van der Waals surface area contributed by atoms with E-state index in [1.807, 2.05) is 13.0 Å². The average Bonchev–Trinajstić information content (AvgIpc) is 2.60. The Hall–Kier alpha value is -1.35. The summed E-state index contributed by atoms with van der Waals surface area (Å²) >= 11 is 0. The molecule has 0 spiro atoms. The molecule has 0 saturated heterocycles. The third-order valence-electron chi connectivity index (χ3n) is 5.20. The maximum absolute atomic E-state index is 12.1.